The minimum Gasteiger partial charge on any atom is -0.356 e. The number of fused-ring (bicyclic) bond motifs is 2. The first-order valence-corrected chi connectivity index (χ1v) is 16.3. The van der Waals surface area contributed by atoms with Crippen molar-refractivity contribution in [3.8, 4) is 11.4 Å². The third kappa shape index (κ3) is 5.77. The molecule has 0 unspecified atom stereocenters. The van der Waals surface area contributed by atoms with Crippen LogP contribution in [0.2, 0.25) is 0 Å². The highest BCUT2D eigenvalue weighted by Crippen LogP contribution is 2.34. The number of thioether (sulfide) groups is 1. The zero-order valence-corrected chi connectivity index (χ0v) is 25.8. The third-order valence-corrected chi connectivity index (χ3v) is 9.12. The lowest BCUT2D eigenvalue weighted by atomic mass is 10.0. The fraction of sp³-hybridized carbons (Fsp3) is 0.324. The standard InChI is InChI=1S/C34H37FN6O2S/c1-21-32(29-16-23-6-3-4-8-28(23)40(29)19-22-9-11-25(35)12-10-22)38-30-17-24(33(42)34(43)27(37)13-15-44-2)18-31(41(21)30)39-14-5-7-26(36)20-39/h3-4,6,8-12,16-18,26-27H,5,7,13-15,19-20,36-37H2,1-2H3/t26-,27+/m1/s1. The molecule has 5 aromatic rings. The summed E-state index contributed by atoms with van der Waals surface area (Å²) in [7, 11) is 0. The molecule has 2 atom stereocenters. The van der Waals surface area contributed by atoms with Crippen LogP contribution in [0.1, 0.15) is 40.9 Å². The van der Waals surface area contributed by atoms with Crippen LogP contribution in [0.3, 0.4) is 0 Å². The number of nitrogens with zero attached hydrogens (tertiary/aromatic N) is 4. The number of benzene rings is 2. The smallest absolute Gasteiger partial charge is 0.230 e. The number of aromatic nitrogens is 3. The van der Waals surface area contributed by atoms with Crippen LogP contribution in [0.5, 0.6) is 0 Å². The summed E-state index contributed by atoms with van der Waals surface area (Å²) < 4.78 is 17.9. The summed E-state index contributed by atoms with van der Waals surface area (Å²) in [5.41, 5.74) is 17.9. The van der Waals surface area contributed by atoms with Crippen molar-refractivity contribution in [1.82, 2.24) is 14.0 Å². The van der Waals surface area contributed by atoms with E-state index in [-0.39, 0.29) is 17.4 Å². The van der Waals surface area contributed by atoms with Gasteiger partial charge in [0.15, 0.2) is 0 Å². The van der Waals surface area contributed by atoms with E-state index >= 15 is 0 Å². The van der Waals surface area contributed by atoms with Gasteiger partial charge in [0.25, 0.3) is 0 Å². The van der Waals surface area contributed by atoms with Crippen molar-refractivity contribution >= 4 is 45.7 Å². The molecule has 2 aromatic carbocycles. The van der Waals surface area contributed by atoms with Crippen molar-refractivity contribution in [2.24, 2.45) is 11.5 Å². The van der Waals surface area contributed by atoms with Crippen LogP contribution in [-0.2, 0) is 11.3 Å². The highest BCUT2D eigenvalue weighted by atomic mass is 32.2. The maximum atomic E-state index is 13.7. The van der Waals surface area contributed by atoms with Gasteiger partial charge in [-0.25, -0.2) is 9.37 Å². The average molecular weight is 613 g/mol. The number of carbonyl (C=O) groups is 2. The molecule has 0 bridgehead atoms. The fourth-order valence-corrected chi connectivity index (χ4v) is 6.64. The Balaban J connectivity index is 1.51. The van der Waals surface area contributed by atoms with E-state index in [2.05, 4.69) is 32.1 Å². The van der Waals surface area contributed by atoms with Gasteiger partial charge in [-0.1, -0.05) is 30.3 Å². The summed E-state index contributed by atoms with van der Waals surface area (Å²) in [5, 5.41) is 1.06. The Morgan fingerprint density at radius 2 is 1.89 bits per heavy atom. The second-order valence-corrected chi connectivity index (χ2v) is 12.6. The molecular formula is C34H37FN6O2S. The molecule has 8 nitrogen and oxygen atoms in total. The summed E-state index contributed by atoms with van der Waals surface area (Å²) >= 11 is 1.59. The SMILES string of the molecule is CSCC[C@H](N)C(=O)C(=O)c1cc(N2CCC[C@@H](N)C2)n2c(C)c(-c3cc4ccccc4n3Cc3ccc(F)cc3)nc2c1. The van der Waals surface area contributed by atoms with Crippen LogP contribution >= 0.6 is 11.8 Å². The van der Waals surface area contributed by atoms with E-state index in [0.29, 0.717) is 30.9 Å². The Hall–Kier alpha value is -3.99. The first-order valence-electron chi connectivity index (χ1n) is 14.9. The number of para-hydroxylation sites is 1. The number of pyridine rings is 1. The van der Waals surface area contributed by atoms with E-state index < -0.39 is 17.6 Å². The number of anilines is 1. The van der Waals surface area contributed by atoms with E-state index in [1.54, 1.807) is 36.0 Å². The van der Waals surface area contributed by atoms with Crippen molar-refractivity contribution in [3.05, 3.63) is 89.4 Å². The molecular weight excluding hydrogens is 575 g/mol. The molecule has 228 valence electrons. The summed E-state index contributed by atoms with van der Waals surface area (Å²) in [4.78, 5) is 33.9. The van der Waals surface area contributed by atoms with Crippen LogP contribution in [-0.4, -0.2) is 62.7 Å². The number of aryl methyl sites for hydroxylation is 1. The van der Waals surface area contributed by atoms with Gasteiger partial charge in [-0.15, -0.1) is 0 Å². The van der Waals surface area contributed by atoms with Crippen LogP contribution in [0.25, 0.3) is 27.9 Å². The molecule has 4 N–H and O–H groups in total. The molecule has 1 saturated heterocycles. The molecule has 0 saturated carbocycles. The number of hydrogen-bond donors (Lipinski definition) is 2. The number of ketones is 2. The predicted octanol–water partition coefficient (Wildman–Crippen LogP) is 5.21. The molecule has 0 amide bonds. The molecule has 10 heteroatoms. The third-order valence-electron chi connectivity index (χ3n) is 8.48. The van der Waals surface area contributed by atoms with E-state index in [9.17, 15) is 14.0 Å². The average Bonchev–Trinajstić information content (AvgIpc) is 3.56. The first kappa shape index (κ1) is 30.1. The maximum Gasteiger partial charge on any atom is 0.230 e. The van der Waals surface area contributed by atoms with Gasteiger partial charge >= 0.3 is 0 Å². The zero-order chi connectivity index (χ0) is 31.0. The van der Waals surface area contributed by atoms with Crippen molar-refractivity contribution < 1.29 is 14.0 Å². The normalized spacial score (nSPS) is 16.1. The highest BCUT2D eigenvalue weighted by molar-refractivity contribution is 7.98. The number of piperidine rings is 1. The van der Waals surface area contributed by atoms with Crippen LogP contribution < -0.4 is 16.4 Å². The summed E-state index contributed by atoms with van der Waals surface area (Å²) in [6.45, 7) is 3.95. The largest absolute Gasteiger partial charge is 0.356 e. The minimum atomic E-state index is -0.850. The molecule has 6 rings (SSSR count). The molecule has 4 heterocycles. The summed E-state index contributed by atoms with van der Waals surface area (Å²) in [6.07, 6.45) is 4.23. The van der Waals surface area contributed by atoms with E-state index in [1.807, 2.05) is 25.3 Å². The Labute approximate surface area is 260 Å². The van der Waals surface area contributed by atoms with Gasteiger partial charge < -0.3 is 20.9 Å². The lowest BCUT2D eigenvalue weighted by molar-refractivity contribution is -0.116. The molecule has 44 heavy (non-hydrogen) atoms. The van der Waals surface area contributed by atoms with Gasteiger partial charge in [0.1, 0.15) is 23.0 Å². The van der Waals surface area contributed by atoms with Crippen molar-refractivity contribution in [2.75, 3.05) is 30.0 Å². The number of Topliss-reactive ketones (excluding diaryl/α,β-unsaturated/α-hetero) is 2. The number of rotatable bonds is 10. The Morgan fingerprint density at radius 3 is 2.64 bits per heavy atom. The van der Waals surface area contributed by atoms with Gasteiger partial charge in [-0.2, -0.15) is 11.8 Å². The van der Waals surface area contributed by atoms with Gasteiger partial charge in [-0.05, 0) is 80.2 Å². The monoisotopic (exact) mass is 612 g/mol. The van der Waals surface area contributed by atoms with Crippen LogP contribution in [0, 0.1) is 12.7 Å². The maximum absolute atomic E-state index is 13.7. The molecule has 3 aromatic heterocycles. The Kier molecular flexibility index (Phi) is 8.57. The van der Waals surface area contributed by atoms with Gasteiger partial charge in [-0.3, -0.25) is 14.0 Å². The molecule has 0 aliphatic carbocycles. The number of halogens is 1. The lowest BCUT2D eigenvalue weighted by Gasteiger charge is -2.33. The molecule has 1 aliphatic heterocycles. The second kappa shape index (κ2) is 12.6. The quantitative estimate of drug-likeness (QED) is 0.165. The molecule has 0 radical (unpaired) electrons. The number of nitrogens with two attached hydrogens (primary N) is 2. The molecule has 1 fully saturated rings. The first-order chi connectivity index (χ1) is 21.2. The predicted molar refractivity (Wildman–Crippen MR) is 176 cm³/mol. The van der Waals surface area contributed by atoms with Crippen molar-refractivity contribution in [2.45, 2.75) is 44.8 Å². The topological polar surface area (TPSA) is 112 Å². The molecule has 1 aliphatic rings. The van der Waals surface area contributed by atoms with Gasteiger partial charge in [0, 0.05) is 42.1 Å². The molecule has 0 spiro atoms. The van der Waals surface area contributed by atoms with E-state index in [0.717, 1.165) is 58.8 Å². The summed E-state index contributed by atoms with van der Waals surface area (Å²) in [5.74, 6) is 0.0135. The van der Waals surface area contributed by atoms with Crippen LogP contribution in [0.4, 0.5) is 10.2 Å². The van der Waals surface area contributed by atoms with Crippen LogP contribution in [0.15, 0.2) is 66.7 Å². The van der Waals surface area contributed by atoms with Crippen molar-refractivity contribution in [3.63, 3.8) is 0 Å². The Bertz CT molecular complexity index is 1850. The zero-order valence-electron chi connectivity index (χ0n) is 25.0. The second-order valence-electron chi connectivity index (χ2n) is 11.6. The fourth-order valence-electron chi connectivity index (χ4n) is 6.15. The Morgan fingerprint density at radius 1 is 1.11 bits per heavy atom. The minimum absolute atomic E-state index is 0.00120. The summed E-state index contributed by atoms with van der Waals surface area (Å²) in [6, 6.07) is 19.4. The number of carbonyl (C=O) groups excluding carboxylic acids is 2. The van der Waals surface area contributed by atoms with E-state index in [4.69, 9.17) is 16.5 Å². The number of hydrogen-bond acceptors (Lipinski definition) is 7. The highest BCUT2D eigenvalue weighted by Gasteiger charge is 2.28. The van der Waals surface area contributed by atoms with Crippen molar-refractivity contribution in [1.29, 1.82) is 0 Å². The van der Waals surface area contributed by atoms with Gasteiger partial charge in [0.05, 0.1) is 17.4 Å². The van der Waals surface area contributed by atoms with E-state index in [1.165, 1.54) is 12.1 Å². The number of imidazole rings is 1. The lowest BCUT2D eigenvalue weighted by Crippen LogP contribution is -2.43. The van der Waals surface area contributed by atoms with Gasteiger partial charge in [0.2, 0.25) is 11.6 Å².